The minimum atomic E-state index is -0.552. The molecule has 0 radical (unpaired) electrons. The number of carbonyl (C=O) groups excluding carboxylic acids is 1. The number of amides is 1. The van der Waals surface area contributed by atoms with E-state index in [0.717, 1.165) is 22.3 Å². The van der Waals surface area contributed by atoms with E-state index in [0.29, 0.717) is 17.9 Å². The van der Waals surface area contributed by atoms with Gasteiger partial charge in [0.05, 0.1) is 11.4 Å². The smallest absolute Gasteiger partial charge is 0.248 e. The second-order valence-corrected chi connectivity index (χ2v) is 6.41. The summed E-state index contributed by atoms with van der Waals surface area (Å²) in [4.78, 5) is 12.4. The lowest BCUT2D eigenvalue weighted by molar-refractivity contribution is -0.111. The van der Waals surface area contributed by atoms with Crippen molar-refractivity contribution in [2.45, 2.75) is 20.3 Å². The monoisotopic (exact) mass is 391 g/mol. The van der Waals surface area contributed by atoms with Crippen molar-refractivity contribution in [3.05, 3.63) is 71.5 Å². The normalized spacial score (nSPS) is 11.4. The summed E-state index contributed by atoms with van der Waals surface area (Å²) in [5, 5.41) is 14.7. The number of aromatic nitrogens is 4. The first-order chi connectivity index (χ1) is 14.1. The van der Waals surface area contributed by atoms with Crippen LogP contribution in [0.1, 0.15) is 24.1 Å². The van der Waals surface area contributed by atoms with Crippen LogP contribution < -0.4 is 5.32 Å². The van der Waals surface area contributed by atoms with Crippen molar-refractivity contribution in [1.82, 2.24) is 20.2 Å². The van der Waals surface area contributed by atoms with Crippen molar-refractivity contribution in [2.24, 2.45) is 0 Å². The quantitative estimate of drug-likeness (QED) is 0.518. The average Bonchev–Trinajstić information content (AvgIpc) is 3.31. The number of para-hydroxylation sites is 1. The van der Waals surface area contributed by atoms with Gasteiger partial charge in [-0.15, -0.1) is 5.10 Å². The molecule has 2 aromatic carbocycles. The Balaban J connectivity index is 1.59. The Morgan fingerprint density at radius 1 is 1.28 bits per heavy atom. The van der Waals surface area contributed by atoms with Crippen LogP contribution in [0.3, 0.4) is 0 Å². The van der Waals surface area contributed by atoms with E-state index in [2.05, 4.69) is 20.8 Å². The van der Waals surface area contributed by atoms with Gasteiger partial charge in [-0.1, -0.05) is 25.1 Å². The van der Waals surface area contributed by atoms with Crippen molar-refractivity contribution in [1.29, 1.82) is 0 Å². The molecule has 0 aliphatic heterocycles. The molecule has 0 aliphatic rings. The number of fused-ring (bicyclic) bond motifs is 1. The van der Waals surface area contributed by atoms with Crippen LogP contribution in [0, 0.1) is 12.7 Å². The highest BCUT2D eigenvalue weighted by atomic mass is 19.1. The number of nitrogens with zero attached hydrogens (tertiary/aromatic N) is 4. The summed E-state index contributed by atoms with van der Waals surface area (Å²) < 4.78 is 21.5. The highest BCUT2D eigenvalue weighted by Crippen LogP contribution is 2.27. The Kier molecular flexibility index (Phi) is 4.90. The van der Waals surface area contributed by atoms with Crippen LogP contribution in [0.25, 0.3) is 22.7 Å². The predicted octanol–water partition coefficient (Wildman–Crippen LogP) is 4.07. The van der Waals surface area contributed by atoms with E-state index in [-0.39, 0.29) is 5.69 Å². The molecule has 4 rings (SSSR count). The van der Waals surface area contributed by atoms with Gasteiger partial charge >= 0.3 is 0 Å². The first kappa shape index (κ1) is 18.5. The number of halogens is 1. The lowest BCUT2D eigenvalue weighted by Gasteiger charge is -2.07. The van der Waals surface area contributed by atoms with E-state index in [9.17, 15) is 9.18 Å². The fourth-order valence-electron chi connectivity index (χ4n) is 3.11. The summed E-state index contributed by atoms with van der Waals surface area (Å²) in [7, 11) is 0. The van der Waals surface area contributed by atoms with Gasteiger partial charge < -0.3 is 9.73 Å². The molecule has 146 valence electrons. The number of carbonyl (C=O) groups is 1. The van der Waals surface area contributed by atoms with E-state index < -0.39 is 11.7 Å². The van der Waals surface area contributed by atoms with E-state index >= 15 is 0 Å². The number of rotatable bonds is 5. The van der Waals surface area contributed by atoms with Crippen LogP contribution in [-0.2, 0) is 11.2 Å². The van der Waals surface area contributed by atoms with Gasteiger partial charge in [0.25, 0.3) is 0 Å². The van der Waals surface area contributed by atoms with Gasteiger partial charge in [-0.3, -0.25) is 4.79 Å². The molecule has 2 heterocycles. The lowest BCUT2D eigenvalue weighted by atomic mass is 10.1. The minimum absolute atomic E-state index is 0.0415. The Bertz CT molecular complexity index is 1230. The fourth-order valence-corrected chi connectivity index (χ4v) is 3.11. The molecule has 0 aliphatic carbocycles. The molecular weight excluding hydrogens is 373 g/mol. The zero-order valence-corrected chi connectivity index (χ0v) is 15.9. The highest BCUT2D eigenvalue weighted by Gasteiger charge is 2.12. The van der Waals surface area contributed by atoms with Crippen LogP contribution in [0.5, 0.6) is 0 Å². The second-order valence-electron chi connectivity index (χ2n) is 6.41. The minimum Gasteiger partial charge on any atom is -0.460 e. The van der Waals surface area contributed by atoms with Crippen LogP contribution in [0.4, 0.5) is 10.1 Å². The summed E-state index contributed by atoms with van der Waals surface area (Å²) in [5.74, 6) is 0.330. The van der Waals surface area contributed by atoms with E-state index in [1.165, 1.54) is 29.0 Å². The largest absolute Gasteiger partial charge is 0.460 e. The zero-order chi connectivity index (χ0) is 20.4. The van der Waals surface area contributed by atoms with Crippen molar-refractivity contribution in [3.63, 3.8) is 0 Å². The molecule has 1 N–H and O–H groups in total. The number of tetrazole rings is 1. The standard InChI is InChI=1S/C21H18FN5O2/c1-3-19-16(15-6-4-5-7-20(15)29-19)9-11-21(28)23-18-12-14(8-10-17(18)22)27-13(2)24-25-26-27/h4-12H,3H2,1-2H3,(H,23,28)/b11-9+. The van der Waals surface area contributed by atoms with Crippen LogP contribution in [-0.4, -0.2) is 26.1 Å². The number of furan rings is 1. The topological polar surface area (TPSA) is 85.8 Å². The molecule has 0 fully saturated rings. The highest BCUT2D eigenvalue weighted by molar-refractivity contribution is 6.03. The summed E-state index contributed by atoms with van der Waals surface area (Å²) in [5.41, 5.74) is 2.19. The maximum atomic E-state index is 14.2. The number of nitrogens with one attached hydrogen (secondary N) is 1. The van der Waals surface area contributed by atoms with Crippen LogP contribution in [0.15, 0.2) is 53.0 Å². The molecule has 8 heteroatoms. The molecule has 0 saturated heterocycles. The van der Waals surface area contributed by atoms with Crippen molar-refractivity contribution >= 4 is 28.6 Å². The van der Waals surface area contributed by atoms with E-state index in [4.69, 9.17) is 4.42 Å². The Labute approximate surface area is 165 Å². The molecule has 0 saturated carbocycles. The third-order valence-electron chi connectivity index (χ3n) is 4.51. The first-order valence-corrected chi connectivity index (χ1v) is 9.11. The maximum Gasteiger partial charge on any atom is 0.248 e. The Morgan fingerprint density at radius 3 is 2.86 bits per heavy atom. The van der Waals surface area contributed by atoms with Gasteiger partial charge in [-0.05, 0) is 47.7 Å². The van der Waals surface area contributed by atoms with Crippen molar-refractivity contribution in [3.8, 4) is 5.69 Å². The first-order valence-electron chi connectivity index (χ1n) is 9.11. The molecule has 0 atom stereocenters. The van der Waals surface area contributed by atoms with Crippen molar-refractivity contribution < 1.29 is 13.6 Å². The second kappa shape index (κ2) is 7.67. The number of benzene rings is 2. The van der Waals surface area contributed by atoms with Gasteiger partial charge in [0.1, 0.15) is 17.2 Å². The molecule has 4 aromatic rings. The summed E-state index contributed by atoms with van der Waals surface area (Å²) >= 11 is 0. The fraction of sp³-hybridized carbons (Fsp3) is 0.143. The van der Waals surface area contributed by atoms with Gasteiger partial charge in [-0.2, -0.15) is 4.68 Å². The van der Waals surface area contributed by atoms with Gasteiger partial charge in [0.2, 0.25) is 5.91 Å². The third kappa shape index (κ3) is 3.64. The number of hydrogen-bond donors (Lipinski definition) is 1. The molecule has 2 aromatic heterocycles. The Morgan fingerprint density at radius 2 is 2.10 bits per heavy atom. The maximum absolute atomic E-state index is 14.2. The molecule has 7 nitrogen and oxygen atoms in total. The number of aryl methyl sites for hydroxylation is 2. The zero-order valence-electron chi connectivity index (χ0n) is 15.9. The molecule has 0 unspecified atom stereocenters. The molecule has 0 spiro atoms. The van der Waals surface area contributed by atoms with Crippen LogP contribution in [0.2, 0.25) is 0 Å². The van der Waals surface area contributed by atoms with E-state index in [1.807, 2.05) is 31.2 Å². The SMILES string of the molecule is CCc1oc2ccccc2c1/C=C/C(=O)Nc1cc(-n2nnnc2C)ccc1F. The molecule has 0 bridgehead atoms. The average molecular weight is 391 g/mol. The van der Waals surface area contributed by atoms with Gasteiger partial charge in [-0.25, -0.2) is 4.39 Å². The number of hydrogen-bond acceptors (Lipinski definition) is 5. The predicted molar refractivity (Wildman–Crippen MR) is 107 cm³/mol. The molecule has 1 amide bonds. The Hall–Kier alpha value is -3.81. The summed E-state index contributed by atoms with van der Waals surface area (Å²) in [6, 6.07) is 11.9. The van der Waals surface area contributed by atoms with E-state index in [1.54, 1.807) is 13.0 Å². The summed E-state index contributed by atoms with van der Waals surface area (Å²) in [6.45, 7) is 3.71. The van der Waals surface area contributed by atoms with Crippen molar-refractivity contribution in [2.75, 3.05) is 5.32 Å². The van der Waals surface area contributed by atoms with Gasteiger partial charge in [0.15, 0.2) is 5.82 Å². The third-order valence-corrected chi connectivity index (χ3v) is 4.51. The van der Waals surface area contributed by atoms with Crippen LogP contribution >= 0.6 is 0 Å². The molecule has 29 heavy (non-hydrogen) atoms. The number of anilines is 1. The summed E-state index contributed by atoms with van der Waals surface area (Å²) in [6.07, 6.45) is 3.75. The lowest BCUT2D eigenvalue weighted by Crippen LogP contribution is -2.10. The van der Waals surface area contributed by atoms with Gasteiger partial charge in [0, 0.05) is 23.4 Å². The molecular formula is C21H18FN5O2.